The lowest BCUT2D eigenvalue weighted by atomic mass is 10.2. The van der Waals surface area contributed by atoms with Crippen LogP contribution in [0.2, 0.25) is 0 Å². The lowest BCUT2D eigenvalue weighted by Gasteiger charge is -2.07. The lowest BCUT2D eigenvalue weighted by Crippen LogP contribution is -2.30. The average Bonchev–Trinajstić information content (AvgIpc) is 3.11. The van der Waals surface area contributed by atoms with E-state index in [9.17, 15) is 4.79 Å². The zero-order chi connectivity index (χ0) is 17.5. The number of rotatable bonds is 7. The second kappa shape index (κ2) is 8.44. The molecule has 1 heterocycles. The quantitative estimate of drug-likeness (QED) is 0.702. The van der Waals surface area contributed by atoms with Gasteiger partial charge < -0.3 is 10.1 Å². The van der Waals surface area contributed by atoms with Gasteiger partial charge in [-0.1, -0.05) is 48.0 Å². The van der Waals surface area contributed by atoms with Crippen LogP contribution in [0.5, 0.6) is 5.75 Å². The third kappa shape index (κ3) is 5.16. The summed E-state index contributed by atoms with van der Waals surface area (Å²) in [5, 5.41) is 5.91. The number of hydrogen-bond donors (Lipinski definition) is 1. The maximum Gasteiger partial charge on any atom is 0.257 e. The van der Waals surface area contributed by atoms with E-state index in [4.69, 9.17) is 4.74 Å². The fourth-order valence-electron chi connectivity index (χ4n) is 2.30. The van der Waals surface area contributed by atoms with Gasteiger partial charge in [-0.05, 0) is 19.1 Å². The van der Waals surface area contributed by atoms with Gasteiger partial charge in [-0.3, -0.25) is 4.79 Å². The normalized spacial score (nSPS) is 10.4. The van der Waals surface area contributed by atoms with E-state index in [1.165, 1.54) is 0 Å². The summed E-state index contributed by atoms with van der Waals surface area (Å²) < 4.78 is 5.46. The summed E-state index contributed by atoms with van der Waals surface area (Å²) in [5.41, 5.74) is 3.27. The van der Waals surface area contributed by atoms with Crippen molar-refractivity contribution in [3.8, 4) is 16.3 Å². The second-order valence-corrected chi connectivity index (χ2v) is 6.57. The number of hydrogen-bond acceptors (Lipinski definition) is 4. The first-order chi connectivity index (χ1) is 12.2. The third-order valence-corrected chi connectivity index (χ3v) is 4.61. The monoisotopic (exact) mass is 352 g/mol. The predicted octanol–water partition coefficient (Wildman–Crippen LogP) is 3.86. The summed E-state index contributed by atoms with van der Waals surface area (Å²) >= 11 is 1.62. The summed E-state index contributed by atoms with van der Waals surface area (Å²) in [6.07, 6.45) is 0.708. The van der Waals surface area contributed by atoms with Gasteiger partial charge in [-0.15, -0.1) is 11.3 Å². The van der Waals surface area contributed by atoms with Gasteiger partial charge in [0.05, 0.1) is 5.69 Å². The molecule has 1 aromatic heterocycles. The van der Waals surface area contributed by atoms with Crippen molar-refractivity contribution in [1.29, 1.82) is 0 Å². The van der Waals surface area contributed by atoms with Crippen molar-refractivity contribution in [2.24, 2.45) is 0 Å². The molecule has 0 aliphatic rings. The van der Waals surface area contributed by atoms with Crippen LogP contribution in [0.25, 0.3) is 10.6 Å². The molecule has 0 saturated carbocycles. The number of nitrogens with zero attached hydrogens (tertiary/aromatic N) is 1. The number of aryl methyl sites for hydroxylation is 1. The molecule has 0 aliphatic heterocycles. The Morgan fingerprint density at radius 2 is 1.88 bits per heavy atom. The van der Waals surface area contributed by atoms with Crippen molar-refractivity contribution in [1.82, 2.24) is 10.3 Å². The highest BCUT2D eigenvalue weighted by Crippen LogP contribution is 2.23. The third-order valence-electron chi connectivity index (χ3n) is 3.67. The molecule has 5 heteroatoms. The Kier molecular flexibility index (Phi) is 5.80. The highest BCUT2D eigenvalue weighted by atomic mass is 32.1. The van der Waals surface area contributed by atoms with Crippen molar-refractivity contribution < 1.29 is 9.53 Å². The Labute approximate surface area is 151 Å². The summed E-state index contributed by atoms with van der Waals surface area (Å²) in [6, 6.07) is 17.7. The van der Waals surface area contributed by atoms with Gasteiger partial charge in [0, 0.05) is 23.9 Å². The Balaban J connectivity index is 1.41. The SMILES string of the molecule is Cc1ccc(OCC(=O)NCCc2csc(-c3ccccc3)n2)cc1. The Bertz CT molecular complexity index is 813. The number of ether oxygens (including phenoxy) is 1. The molecule has 0 bridgehead atoms. The summed E-state index contributed by atoms with van der Waals surface area (Å²) in [7, 11) is 0. The van der Waals surface area contributed by atoms with Gasteiger partial charge in [-0.2, -0.15) is 0 Å². The molecule has 3 aromatic rings. The molecule has 0 radical (unpaired) electrons. The van der Waals surface area contributed by atoms with Crippen LogP contribution in [0.4, 0.5) is 0 Å². The van der Waals surface area contributed by atoms with Gasteiger partial charge >= 0.3 is 0 Å². The van der Waals surface area contributed by atoms with Gasteiger partial charge in [0.2, 0.25) is 0 Å². The van der Waals surface area contributed by atoms with E-state index < -0.39 is 0 Å². The minimum Gasteiger partial charge on any atom is -0.484 e. The van der Waals surface area contributed by atoms with Crippen LogP contribution in [0, 0.1) is 6.92 Å². The van der Waals surface area contributed by atoms with E-state index in [1.54, 1.807) is 11.3 Å². The van der Waals surface area contributed by atoms with Crippen LogP contribution in [0.15, 0.2) is 60.0 Å². The molecular weight excluding hydrogens is 332 g/mol. The molecular formula is C20H20N2O2S. The molecule has 0 aliphatic carbocycles. The number of nitrogens with one attached hydrogen (secondary N) is 1. The number of thiazole rings is 1. The molecule has 3 rings (SSSR count). The average molecular weight is 352 g/mol. The first kappa shape index (κ1) is 17.2. The van der Waals surface area contributed by atoms with Crippen molar-refractivity contribution >= 4 is 17.2 Å². The van der Waals surface area contributed by atoms with Gasteiger partial charge in [0.1, 0.15) is 10.8 Å². The molecule has 0 spiro atoms. The lowest BCUT2D eigenvalue weighted by molar-refractivity contribution is -0.123. The van der Waals surface area contributed by atoms with Crippen molar-refractivity contribution in [3.05, 3.63) is 71.2 Å². The van der Waals surface area contributed by atoms with Gasteiger partial charge in [0.15, 0.2) is 6.61 Å². The van der Waals surface area contributed by atoms with Crippen molar-refractivity contribution in [2.45, 2.75) is 13.3 Å². The van der Waals surface area contributed by atoms with Crippen molar-refractivity contribution in [2.75, 3.05) is 13.2 Å². The Morgan fingerprint density at radius 1 is 1.12 bits per heavy atom. The molecule has 0 saturated heterocycles. The summed E-state index contributed by atoms with van der Waals surface area (Å²) in [6.45, 7) is 2.58. The fourth-order valence-corrected chi connectivity index (χ4v) is 3.16. The highest BCUT2D eigenvalue weighted by molar-refractivity contribution is 7.13. The number of benzene rings is 2. The highest BCUT2D eigenvalue weighted by Gasteiger charge is 2.06. The molecule has 0 atom stereocenters. The minimum absolute atomic E-state index is 0.0232. The summed E-state index contributed by atoms with van der Waals surface area (Å²) in [4.78, 5) is 16.5. The second-order valence-electron chi connectivity index (χ2n) is 5.71. The topological polar surface area (TPSA) is 51.2 Å². The largest absolute Gasteiger partial charge is 0.484 e. The fraction of sp³-hybridized carbons (Fsp3) is 0.200. The van der Waals surface area contributed by atoms with Gasteiger partial charge in [0.25, 0.3) is 5.91 Å². The Hall–Kier alpha value is -2.66. The molecule has 2 aromatic carbocycles. The first-order valence-electron chi connectivity index (χ1n) is 8.17. The predicted molar refractivity (Wildman–Crippen MR) is 101 cm³/mol. The molecule has 0 fully saturated rings. The zero-order valence-electron chi connectivity index (χ0n) is 14.1. The standard InChI is InChI=1S/C20H20N2O2S/c1-15-7-9-18(10-8-15)24-13-19(23)21-12-11-17-14-25-20(22-17)16-5-3-2-4-6-16/h2-10,14H,11-13H2,1H3,(H,21,23). The van der Waals surface area contributed by atoms with E-state index in [-0.39, 0.29) is 12.5 Å². The summed E-state index contributed by atoms with van der Waals surface area (Å²) in [5.74, 6) is 0.576. The van der Waals surface area contributed by atoms with E-state index in [2.05, 4.69) is 10.3 Å². The molecule has 1 amide bonds. The van der Waals surface area contributed by atoms with E-state index in [0.29, 0.717) is 18.7 Å². The van der Waals surface area contributed by atoms with Crippen LogP contribution in [-0.4, -0.2) is 24.0 Å². The van der Waals surface area contributed by atoms with Crippen molar-refractivity contribution in [3.63, 3.8) is 0 Å². The molecule has 4 nitrogen and oxygen atoms in total. The van der Waals surface area contributed by atoms with Crippen LogP contribution in [0.1, 0.15) is 11.3 Å². The number of carbonyl (C=O) groups is 1. The molecule has 1 N–H and O–H groups in total. The number of amides is 1. The van der Waals surface area contributed by atoms with Crippen LogP contribution >= 0.6 is 11.3 Å². The van der Waals surface area contributed by atoms with Crippen LogP contribution < -0.4 is 10.1 Å². The van der Waals surface area contributed by atoms with Crippen LogP contribution in [-0.2, 0) is 11.2 Å². The number of carbonyl (C=O) groups excluding carboxylic acids is 1. The molecule has 128 valence electrons. The van der Waals surface area contributed by atoms with E-state index >= 15 is 0 Å². The maximum absolute atomic E-state index is 11.8. The van der Waals surface area contributed by atoms with E-state index in [0.717, 1.165) is 21.8 Å². The van der Waals surface area contributed by atoms with Gasteiger partial charge in [-0.25, -0.2) is 4.98 Å². The minimum atomic E-state index is -0.126. The smallest absolute Gasteiger partial charge is 0.257 e. The number of aromatic nitrogens is 1. The molecule has 0 unspecified atom stereocenters. The first-order valence-corrected chi connectivity index (χ1v) is 9.05. The molecule has 25 heavy (non-hydrogen) atoms. The maximum atomic E-state index is 11.8. The Morgan fingerprint density at radius 3 is 2.64 bits per heavy atom. The zero-order valence-corrected chi connectivity index (χ0v) is 14.9. The van der Waals surface area contributed by atoms with E-state index in [1.807, 2.05) is 66.9 Å². The van der Waals surface area contributed by atoms with Crippen LogP contribution in [0.3, 0.4) is 0 Å².